The van der Waals surface area contributed by atoms with Crippen molar-refractivity contribution < 1.29 is 9.47 Å². The lowest BCUT2D eigenvalue weighted by Gasteiger charge is -2.35. The summed E-state index contributed by atoms with van der Waals surface area (Å²) < 4.78 is 10.8. The zero-order valence-electron chi connectivity index (χ0n) is 16.1. The maximum Gasteiger partial charge on any atom is 0.144 e. The summed E-state index contributed by atoms with van der Waals surface area (Å²) in [6.07, 6.45) is 1.96. The number of ether oxygens (including phenoxy) is 2. The van der Waals surface area contributed by atoms with Crippen molar-refractivity contribution in [2.75, 3.05) is 31.0 Å². The Kier molecular flexibility index (Phi) is 11.3. The van der Waals surface area contributed by atoms with Gasteiger partial charge in [0.05, 0.1) is 12.3 Å². The van der Waals surface area contributed by atoms with Crippen molar-refractivity contribution in [1.29, 1.82) is 0 Å². The Morgan fingerprint density at radius 1 is 1.13 bits per heavy atom. The number of methoxy groups -OCH3 is 1. The van der Waals surface area contributed by atoms with E-state index >= 15 is 0 Å². The van der Waals surface area contributed by atoms with Crippen LogP contribution in [0.2, 0.25) is 0 Å². The molecule has 0 radical (unpaired) electrons. The fourth-order valence-electron chi connectivity index (χ4n) is 2.45. The van der Waals surface area contributed by atoms with Gasteiger partial charge in [0, 0.05) is 44.0 Å². The van der Waals surface area contributed by atoms with Gasteiger partial charge in [-0.15, -0.1) is 0 Å². The van der Waals surface area contributed by atoms with E-state index in [-0.39, 0.29) is 0 Å². The number of hydrogen-bond donors (Lipinski definition) is 1. The molecule has 1 rings (SSSR count). The van der Waals surface area contributed by atoms with Gasteiger partial charge in [-0.2, -0.15) is 0 Å². The molecular weight excluding hydrogens is 288 g/mol. The second kappa shape index (κ2) is 12.1. The minimum atomic E-state index is 0.435. The van der Waals surface area contributed by atoms with Crippen LogP contribution < -0.4 is 15.4 Å². The molecule has 0 aliphatic heterocycles. The number of nitrogens with two attached hydrogens (primary N) is 1. The van der Waals surface area contributed by atoms with E-state index in [1.165, 1.54) is 0 Å². The van der Waals surface area contributed by atoms with Crippen molar-refractivity contribution in [2.45, 2.75) is 66.5 Å². The summed E-state index contributed by atoms with van der Waals surface area (Å²) in [5.41, 5.74) is 7.86. The summed E-state index contributed by atoms with van der Waals surface area (Å²) in [5.74, 6) is 0.762. The standard InChI is InChI=1S/C17H30N2O2.C2H6/c1-6-14(4)19(13(2)3)15-8-9-16(18)17(12-15)21-11-7-10-20-5;1-2/h8-9,12-14H,6-7,10-11,18H2,1-5H3;1-2H3/t14-;/m1./s1. The van der Waals surface area contributed by atoms with E-state index in [2.05, 4.69) is 38.7 Å². The van der Waals surface area contributed by atoms with E-state index in [0.29, 0.717) is 31.0 Å². The third kappa shape index (κ3) is 7.12. The molecule has 4 heteroatoms. The lowest BCUT2D eigenvalue weighted by Crippen LogP contribution is -2.38. The molecule has 0 aliphatic carbocycles. The zero-order valence-corrected chi connectivity index (χ0v) is 16.1. The molecule has 0 spiro atoms. The molecule has 0 heterocycles. The highest BCUT2D eigenvalue weighted by molar-refractivity contribution is 5.63. The summed E-state index contributed by atoms with van der Waals surface area (Å²) in [6.45, 7) is 14.2. The van der Waals surface area contributed by atoms with Gasteiger partial charge in [0.25, 0.3) is 0 Å². The van der Waals surface area contributed by atoms with Crippen molar-refractivity contribution in [1.82, 2.24) is 0 Å². The van der Waals surface area contributed by atoms with Crippen molar-refractivity contribution in [3.05, 3.63) is 18.2 Å². The summed E-state index contributed by atoms with van der Waals surface area (Å²) in [5, 5.41) is 0. The average molecular weight is 325 g/mol. The van der Waals surface area contributed by atoms with Gasteiger partial charge in [-0.05, 0) is 39.3 Å². The van der Waals surface area contributed by atoms with Crippen LogP contribution in [-0.4, -0.2) is 32.4 Å². The highest BCUT2D eigenvalue weighted by atomic mass is 16.5. The summed E-state index contributed by atoms with van der Waals surface area (Å²) in [6, 6.07) is 6.97. The van der Waals surface area contributed by atoms with Crippen LogP contribution in [0, 0.1) is 0 Å². The van der Waals surface area contributed by atoms with Crippen molar-refractivity contribution >= 4 is 11.4 Å². The van der Waals surface area contributed by atoms with E-state index < -0.39 is 0 Å². The number of nitrogen functional groups attached to an aromatic ring is 1. The highest BCUT2D eigenvalue weighted by Crippen LogP contribution is 2.30. The van der Waals surface area contributed by atoms with Crippen LogP contribution in [-0.2, 0) is 4.74 Å². The number of nitrogens with zero attached hydrogens (tertiary/aromatic N) is 1. The molecule has 0 saturated carbocycles. The Bertz CT molecular complexity index is 422. The van der Waals surface area contributed by atoms with Crippen molar-refractivity contribution in [2.24, 2.45) is 0 Å². The minimum absolute atomic E-state index is 0.435. The largest absolute Gasteiger partial charge is 0.491 e. The molecule has 1 aromatic rings. The second-order valence-electron chi connectivity index (χ2n) is 5.68. The summed E-state index contributed by atoms with van der Waals surface area (Å²) >= 11 is 0. The van der Waals surface area contributed by atoms with E-state index in [4.69, 9.17) is 15.2 Å². The first-order valence-electron chi connectivity index (χ1n) is 8.80. The smallest absolute Gasteiger partial charge is 0.144 e. The molecule has 4 nitrogen and oxygen atoms in total. The average Bonchev–Trinajstić information content (AvgIpc) is 2.55. The molecule has 0 bridgehead atoms. The molecule has 0 saturated heterocycles. The van der Waals surface area contributed by atoms with Gasteiger partial charge in [-0.3, -0.25) is 0 Å². The van der Waals surface area contributed by atoms with E-state index in [1.54, 1.807) is 7.11 Å². The normalized spacial score (nSPS) is 11.7. The van der Waals surface area contributed by atoms with Crippen LogP contribution in [0.5, 0.6) is 5.75 Å². The predicted octanol–water partition coefficient (Wildman–Crippen LogP) is 4.72. The van der Waals surface area contributed by atoms with Crippen LogP contribution >= 0.6 is 0 Å². The van der Waals surface area contributed by atoms with Gasteiger partial charge >= 0.3 is 0 Å². The van der Waals surface area contributed by atoms with Gasteiger partial charge < -0.3 is 20.1 Å². The Morgan fingerprint density at radius 2 is 1.78 bits per heavy atom. The van der Waals surface area contributed by atoms with Crippen LogP contribution in [0.3, 0.4) is 0 Å². The first-order chi connectivity index (χ1) is 11.0. The van der Waals surface area contributed by atoms with Crippen LogP contribution in [0.25, 0.3) is 0 Å². The third-order valence-corrected chi connectivity index (χ3v) is 3.67. The molecule has 0 unspecified atom stereocenters. The van der Waals surface area contributed by atoms with E-state index in [1.807, 2.05) is 26.0 Å². The number of hydrogen-bond acceptors (Lipinski definition) is 4. The molecule has 0 fully saturated rings. The zero-order chi connectivity index (χ0) is 17.8. The Hall–Kier alpha value is -1.42. The first kappa shape index (κ1) is 21.6. The molecule has 1 atom stereocenters. The first-order valence-corrected chi connectivity index (χ1v) is 8.80. The van der Waals surface area contributed by atoms with Gasteiger partial charge in [0.15, 0.2) is 0 Å². The van der Waals surface area contributed by atoms with Crippen LogP contribution in [0.4, 0.5) is 11.4 Å². The Balaban J connectivity index is 0.00000232. The van der Waals surface area contributed by atoms with Crippen LogP contribution in [0.1, 0.15) is 54.4 Å². The van der Waals surface area contributed by atoms with Crippen molar-refractivity contribution in [3.63, 3.8) is 0 Å². The minimum Gasteiger partial charge on any atom is -0.491 e. The molecule has 0 amide bonds. The quantitative estimate of drug-likeness (QED) is 0.527. The molecular formula is C19H36N2O2. The lowest BCUT2D eigenvalue weighted by atomic mass is 10.1. The molecule has 2 N–H and O–H groups in total. The maximum atomic E-state index is 6.01. The van der Waals surface area contributed by atoms with Crippen molar-refractivity contribution in [3.8, 4) is 5.75 Å². The predicted molar refractivity (Wildman–Crippen MR) is 102 cm³/mol. The van der Waals surface area contributed by atoms with Crippen LogP contribution in [0.15, 0.2) is 18.2 Å². The van der Waals surface area contributed by atoms with Gasteiger partial charge in [-0.1, -0.05) is 20.8 Å². The third-order valence-electron chi connectivity index (χ3n) is 3.67. The molecule has 1 aromatic carbocycles. The second-order valence-corrected chi connectivity index (χ2v) is 5.68. The molecule has 0 aromatic heterocycles. The molecule has 134 valence electrons. The fraction of sp³-hybridized carbons (Fsp3) is 0.684. The maximum absolute atomic E-state index is 6.01. The van der Waals surface area contributed by atoms with E-state index in [0.717, 1.165) is 24.3 Å². The van der Waals surface area contributed by atoms with Gasteiger partial charge in [0.1, 0.15) is 5.75 Å². The monoisotopic (exact) mass is 324 g/mol. The number of rotatable bonds is 9. The lowest BCUT2D eigenvalue weighted by molar-refractivity contribution is 0.172. The topological polar surface area (TPSA) is 47.7 Å². The number of anilines is 2. The SMILES string of the molecule is CC.CC[C@@H](C)N(c1ccc(N)c(OCCCOC)c1)C(C)C. The summed E-state index contributed by atoms with van der Waals surface area (Å²) in [7, 11) is 1.70. The fourth-order valence-corrected chi connectivity index (χ4v) is 2.45. The summed E-state index contributed by atoms with van der Waals surface area (Å²) in [4.78, 5) is 2.40. The molecule has 23 heavy (non-hydrogen) atoms. The van der Waals surface area contributed by atoms with Gasteiger partial charge in [-0.25, -0.2) is 0 Å². The Labute approximate surface area is 143 Å². The number of benzene rings is 1. The van der Waals surface area contributed by atoms with E-state index in [9.17, 15) is 0 Å². The Morgan fingerprint density at radius 3 is 2.30 bits per heavy atom. The molecule has 0 aliphatic rings. The van der Waals surface area contributed by atoms with Gasteiger partial charge in [0.2, 0.25) is 0 Å². The highest BCUT2D eigenvalue weighted by Gasteiger charge is 2.17.